The average molecular weight is 588 g/mol. The van der Waals surface area contributed by atoms with Gasteiger partial charge < -0.3 is 19.9 Å². The highest BCUT2D eigenvalue weighted by Crippen LogP contribution is 2.43. The van der Waals surface area contributed by atoms with Crippen LogP contribution >= 0.6 is 0 Å². The second-order valence-corrected chi connectivity index (χ2v) is 10.2. The standard InChI is InChI=1S/C28H25F4N5O5/c1-16(28(30,31)32)37(12-17-3-5-20(29)6-4-17)24(39)14-36-15-42-27(26(36)41)22-8-7-21(9-18(22)10-23(27)38)34-25(40)19-11-33-35(2)13-19/h3-9,11,13,16H,10,12,14-15H2,1-2H3,(H,34,40)/t16-,27+/m0/s1. The van der Waals surface area contributed by atoms with Crippen molar-refractivity contribution in [3.63, 3.8) is 0 Å². The van der Waals surface area contributed by atoms with Crippen LogP contribution in [0.4, 0.5) is 23.2 Å². The molecule has 1 aliphatic heterocycles. The van der Waals surface area contributed by atoms with Gasteiger partial charge in [-0.25, -0.2) is 4.39 Å². The van der Waals surface area contributed by atoms with Crippen LogP contribution in [0.2, 0.25) is 0 Å². The number of carbonyl (C=O) groups is 4. The number of hydrogen-bond acceptors (Lipinski definition) is 6. The first kappa shape index (κ1) is 28.9. The third kappa shape index (κ3) is 5.24. The number of halogens is 4. The molecular weight excluding hydrogens is 562 g/mol. The van der Waals surface area contributed by atoms with E-state index in [1.54, 1.807) is 7.05 Å². The Kier molecular flexibility index (Phi) is 7.35. The number of alkyl halides is 3. The van der Waals surface area contributed by atoms with Crippen LogP contribution < -0.4 is 5.32 Å². The highest BCUT2D eigenvalue weighted by molar-refractivity contribution is 6.15. The minimum Gasteiger partial charge on any atom is -0.332 e. The van der Waals surface area contributed by atoms with E-state index in [1.807, 2.05) is 0 Å². The van der Waals surface area contributed by atoms with Crippen LogP contribution in [0.5, 0.6) is 0 Å². The molecule has 1 N–H and O–H groups in total. The van der Waals surface area contributed by atoms with Gasteiger partial charge in [-0.1, -0.05) is 18.2 Å². The zero-order valence-electron chi connectivity index (χ0n) is 22.4. The molecule has 2 heterocycles. The lowest BCUT2D eigenvalue weighted by molar-refractivity contribution is -0.187. The first-order chi connectivity index (χ1) is 19.8. The van der Waals surface area contributed by atoms with Gasteiger partial charge in [-0.2, -0.15) is 18.3 Å². The number of rotatable bonds is 7. The van der Waals surface area contributed by atoms with Gasteiger partial charge in [-0.3, -0.25) is 23.9 Å². The fourth-order valence-electron chi connectivity index (χ4n) is 5.04. The molecule has 0 bridgehead atoms. The first-order valence-electron chi connectivity index (χ1n) is 12.8. The van der Waals surface area contributed by atoms with Crippen LogP contribution in [0.1, 0.15) is 34.0 Å². The molecule has 0 saturated carbocycles. The molecule has 5 rings (SSSR count). The Morgan fingerprint density at radius 2 is 1.88 bits per heavy atom. The summed E-state index contributed by atoms with van der Waals surface area (Å²) in [4.78, 5) is 53.8. The number of amides is 3. The molecule has 10 nitrogen and oxygen atoms in total. The van der Waals surface area contributed by atoms with E-state index in [0.29, 0.717) is 21.7 Å². The zero-order chi connectivity index (χ0) is 30.4. The fourth-order valence-corrected chi connectivity index (χ4v) is 5.04. The second kappa shape index (κ2) is 10.7. The smallest absolute Gasteiger partial charge is 0.332 e. The maximum atomic E-state index is 13.6. The summed E-state index contributed by atoms with van der Waals surface area (Å²) in [5.74, 6) is -3.52. The average Bonchev–Trinajstić information content (AvgIpc) is 3.59. The highest BCUT2D eigenvalue weighted by atomic mass is 19.4. The molecule has 1 aromatic heterocycles. The number of benzene rings is 2. The SMILES string of the molecule is C[C@H](N(Cc1ccc(F)cc1)C(=O)CN1CO[C@]2(C(=O)Cc3cc(NC(=O)c4cnn(C)c4)ccc32)C1=O)C(F)(F)F. The van der Waals surface area contributed by atoms with Crippen molar-refractivity contribution in [2.75, 3.05) is 18.6 Å². The number of Topliss-reactive ketones (excluding diaryl/α,β-unsaturated/α-hetero) is 1. The van der Waals surface area contributed by atoms with Crippen LogP contribution in [0, 0.1) is 5.82 Å². The van der Waals surface area contributed by atoms with E-state index in [1.165, 1.54) is 47.4 Å². The van der Waals surface area contributed by atoms with E-state index >= 15 is 0 Å². The van der Waals surface area contributed by atoms with Crippen LogP contribution in [0.15, 0.2) is 54.9 Å². The van der Waals surface area contributed by atoms with Gasteiger partial charge in [0.05, 0.1) is 11.8 Å². The van der Waals surface area contributed by atoms with Gasteiger partial charge in [0.1, 0.15) is 25.1 Å². The van der Waals surface area contributed by atoms with Gasteiger partial charge in [0.25, 0.3) is 11.8 Å². The summed E-state index contributed by atoms with van der Waals surface area (Å²) < 4.78 is 61.4. The van der Waals surface area contributed by atoms with E-state index in [2.05, 4.69) is 10.4 Å². The Morgan fingerprint density at radius 3 is 2.52 bits per heavy atom. The normalized spacial score (nSPS) is 18.9. The van der Waals surface area contributed by atoms with Crippen LogP contribution in [-0.2, 0) is 44.7 Å². The predicted molar refractivity (Wildman–Crippen MR) is 138 cm³/mol. The molecule has 2 atom stereocenters. The van der Waals surface area contributed by atoms with E-state index in [0.717, 1.165) is 24.0 Å². The molecule has 0 radical (unpaired) electrons. The van der Waals surface area contributed by atoms with Gasteiger partial charge in [-0.15, -0.1) is 0 Å². The zero-order valence-corrected chi connectivity index (χ0v) is 22.4. The maximum absolute atomic E-state index is 13.6. The van der Waals surface area contributed by atoms with Gasteiger partial charge in [0, 0.05) is 37.5 Å². The van der Waals surface area contributed by atoms with Crippen molar-refractivity contribution in [2.45, 2.75) is 37.7 Å². The molecule has 1 fully saturated rings. The summed E-state index contributed by atoms with van der Waals surface area (Å²) in [5, 5.41) is 6.64. The van der Waals surface area contributed by atoms with Crippen LogP contribution in [-0.4, -0.2) is 68.6 Å². The molecule has 2 aliphatic rings. The fraction of sp³-hybridized carbons (Fsp3) is 0.321. The van der Waals surface area contributed by atoms with Gasteiger partial charge in [0.2, 0.25) is 11.5 Å². The first-order valence-corrected chi connectivity index (χ1v) is 12.8. The van der Waals surface area contributed by atoms with Crippen molar-refractivity contribution < 1.29 is 41.5 Å². The molecule has 42 heavy (non-hydrogen) atoms. The lowest BCUT2D eigenvalue weighted by Crippen LogP contribution is -2.51. The van der Waals surface area contributed by atoms with E-state index < -0.39 is 67.0 Å². The van der Waals surface area contributed by atoms with Crippen molar-refractivity contribution >= 4 is 29.2 Å². The molecule has 1 aliphatic carbocycles. The second-order valence-electron chi connectivity index (χ2n) is 10.2. The summed E-state index contributed by atoms with van der Waals surface area (Å²) >= 11 is 0. The third-order valence-electron chi connectivity index (χ3n) is 7.33. The predicted octanol–water partition coefficient (Wildman–Crippen LogP) is 2.93. The topological polar surface area (TPSA) is 114 Å². The Labute approximate surface area is 236 Å². The van der Waals surface area contributed by atoms with Crippen molar-refractivity contribution in [1.29, 1.82) is 0 Å². The summed E-state index contributed by atoms with van der Waals surface area (Å²) in [6.45, 7) is -0.945. The number of anilines is 1. The number of aromatic nitrogens is 2. The largest absolute Gasteiger partial charge is 0.408 e. The minimum absolute atomic E-state index is 0.193. The minimum atomic E-state index is -4.77. The van der Waals surface area contributed by atoms with Crippen molar-refractivity contribution in [1.82, 2.24) is 19.6 Å². The summed E-state index contributed by atoms with van der Waals surface area (Å²) in [5.41, 5.74) is -0.449. The number of ketones is 1. The molecule has 220 valence electrons. The van der Waals surface area contributed by atoms with Crippen molar-refractivity contribution in [3.8, 4) is 0 Å². The van der Waals surface area contributed by atoms with Gasteiger partial charge in [-0.05, 0) is 42.3 Å². The van der Waals surface area contributed by atoms with E-state index in [-0.39, 0.29) is 17.5 Å². The van der Waals surface area contributed by atoms with E-state index in [4.69, 9.17) is 4.74 Å². The number of nitrogens with zero attached hydrogens (tertiary/aromatic N) is 4. The Hall–Kier alpha value is -4.59. The lowest BCUT2D eigenvalue weighted by Gasteiger charge is -2.32. The third-order valence-corrected chi connectivity index (χ3v) is 7.33. The molecule has 14 heteroatoms. The van der Waals surface area contributed by atoms with Crippen molar-refractivity contribution in [2.24, 2.45) is 7.05 Å². The molecular formula is C28H25F4N5O5. The monoisotopic (exact) mass is 587 g/mol. The number of fused-ring (bicyclic) bond motifs is 2. The molecule has 1 spiro atoms. The van der Waals surface area contributed by atoms with Crippen LogP contribution in [0.3, 0.4) is 0 Å². The number of nitrogens with one attached hydrogen (secondary N) is 1. The Morgan fingerprint density at radius 1 is 1.17 bits per heavy atom. The molecule has 3 aromatic rings. The van der Waals surface area contributed by atoms with Crippen molar-refractivity contribution in [3.05, 3.63) is 82.9 Å². The highest BCUT2D eigenvalue weighted by Gasteiger charge is 2.59. The van der Waals surface area contributed by atoms with Gasteiger partial charge >= 0.3 is 6.18 Å². The number of aryl methyl sites for hydroxylation is 1. The van der Waals surface area contributed by atoms with Gasteiger partial charge in [0.15, 0.2) is 5.78 Å². The maximum Gasteiger partial charge on any atom is 0.408 e. The quantitative estimate of drug-likeness (QED) is 0.336. The molecule has 1 saturated heterocycles. The number of carbonyl (C=O) groups excluding carboxylic acids is 4. The molecule has 3 amide bonds. The summed E-state index contributed by atoms with van der Waals surface area (Å²) in [6.07, 6.45) is -2.05. The lowest BCUT2D eigenvalue weighted by atomic mass is 9.94. The number of ether oxygens (including phenoxy) is 1. The van der Waals surface area contributed by atoms with E-state index in [9.17, 15) is 36.7 Å². The molecule has 0 unspecified atom stereocenters. The number of hydrogen-bond donors (Lipinski definition) is 1. The molecule has 2 aromatic carbocycles. The van der Waals surface area contributed by atoms with Crippen LogP contribution in [0.25, 0.3) is 0 Å². The summed E-state index contributed by atoms with van der Waals surface area (Å²) in [6, 6.07) is 6.95. The Bertz CT molecular complexity index is 1570. The Balaban J connectivity index is 1.34. The summed E-state index contributed by atoms with van der Waals surface area (Å²) in [7, 11) is 1.66.